The van der Waals surface area contributed by atoms with Gasteiger partial charge in [0.05, 0.1) is 32.2 Å². The Hall–Kier alpha value is -3.27. The molecule has 0 bridgehead atoms. The molecule has 0 aliphatic rings. The highest BCUT2D eigenvalue weighted by molar-refractivity contribution is 7.92. The lowest BCUT2D eigenvalue weighted by Gasteiger charge is -2.34. The molecule has 0 heterocycles. The van der Waals surface area contributed by atoms with E-state index >= 15 is 0 Å². The number of ether oxygens (including phenoxy) is 2. The summed E-state index contributed by atoms with van der Waals surface area (Å²) in [5.74, 6) is 0.661. The van der Waals surface area contributed by atoms with E-state index in [0.29, 0.717) is 17.1 Å². The number of anilines is 1. The van der Waals surface area contributed by atoms with Crippen LogP contribution in [0.15, 0.2) is 66.7 Å². The second-order valence-corrected chi connectivity index (χ2v) is 10.1. The van der Waals surface area contributed by atoms with Gasteiger partial charge in [0.25, 0.3) is 0 Å². The minimum absolute atomic E-state index is 0.0107. The van der Waals surface area contributed by atoms with Gasteiger partial charge >= 0.3 is 0 Å². The van der Waals surface area contributed by atoms with Crippen LogP contribution >= 0.6 is 0 Å². The number of hydrogen-bond acceptors (Lipinski definition) is 7. The minimum atomic E-state index is -3.90. The minimum Gasteiger partial charge on any atom is -0.505 e. The van der Waals surface area contributed by atoms with Crippen molar-refractivity contribution in [2.24, 2.45) is 5.73 Å². The first-order valence-electron chi connectivity index (χ1n) is 10.6. The lowest BCUT2D eigenvalue weighted by molar-refractivity contribution is 0.0621. The summed E-state index contributed by atoms with van der Waals surface area (Å²) in [5, 5.41) is 21.3. The number of sulfonamides is 1. The maximum Gasteiger partial charge on any atom is 0.232 e. The van der Waals surface area contributed by atoms with Crippen LogP contribution < -0.4 is 19.5 Å². The van der Waals surface area contributed by atoms with Crippen molar-refractivity contribution in [1.29, 1.82) is 0 Å². The molecule has 2 atom stereocenters. The number of para-hydroxylation sites is 1. The second-order valence-electron chi connectivity index (χ2n) is 8.20. The van der Waals surface area contributed by atoms with E-state index in [-0.39, 0.29) is 17.7 Å². The lowest BCUT2D eigenvalue weighted by Crippen LogP contribution is -2.37. The monoisotopic (exact) mass is 486 g/mol. The van der Waals surface area contributed by atoms with Crippen LogP contribution in [0.5, 0.6) is 17.2 Å². The quantitative estimate of drug-likeness (QED) is 0.397. The van der Waals surface area contributed by atoms with E-state index in [4.69, 9.17) is 15.2 Å². The van der Waals surface area contributed by atoms with Crippen LogP contribution in [-0.4, -0.2) is 39.1 Å². The number of nitrogens with zero attached hydrogens (tertiary/aromatic N) is 1. The zero-order valence-corrected chi connectivity index (χ0v) is 20.4. The molecule has 34 heavy (non-hydrogen) atoms. The fourth-order valence-electron chi connectivity index (χ4n) is 3.94. The predicted molar refractivity (Wildman–Crippen MR) is 132 cm³/mol. The zero-order chi connectivity index (χ0) is 25.1. The molecule has 0 aromatic heterocycles. The van der Waals surface area contributed by atoms with Crippen molar-refractivity contribution in [3.8, 4) is 17.2 Å². The molecule has 0 spiro atoms. The summed E-state index contributed by atoms with van der Waals surface area (Å²) in [6.07, 6.45) is 1.34. The Morgan fingerprint density at radius 3 is 2.21 bits per heavy atom. The van der Waals surface area contributed by atoms with Crippen LogP contribution in [0.4, 0.5) is 5.69 Å². The van der Waals surface area contributed by atoms with E-state index in [2.05, 4.69) is 0 Å². The number of nitrogens with two attached hydrogens (primary N) is 1. The van der Waals surface area contributed by atoms with Crippen molar-refractivity contribution in [3.63, 3.8) is 0 Å². The predicted octanol–water partition coefficient (Wildman–Crippen LogP) is 3.28. The van der Waals surface area contributed by atoms with Crippen molar-refractivity contribution in [2.45, 2.75) is 25.1 Å². The molecule has 2 unspecified atom stereocenters. The average Bonchev–Trinajstić information content (AvgIpc) is 2.78. The van der Waals surface area contributed by atoms with Gasteiger partial charge in [-0.25, -0.2) is 8.42 Å². The fraction of sp³-hybridized carbons (Fsp3) is 0.280. The molecule has 3 rings (SSSR count). The molecule has 182 valence electrons. The number of aliphatic hydroxyl groups is 1. The third-order valence-electron chi connectivity index (χ3n) is 5.50. The number of methoxy groups -OCH3 is 2. The van der Waals surface area contributed by atoms with E-state index in [1.54, 1.807) is 18.2 Å². The van der Waals surface area contributed by atoms with Gasteiger partial charge in [0.1, 0.15) is 11.5 Å². The van der Waals surface area contributed by atoms with Crippen LogP contribution in [0.2, 0.25) is 0 Å². The summed E-state index contributed by atoms with van der Waals surface area (Å²) < 4.78 is 38.2. The topological polar surface area (TPSA) is 122 Å². The summed E-state index contributed by atoms with van der Waals surface area (Å²) in [6.45, 7) is 1.31. The zero-order valence-electron chi connectivity index (χ0n) is 19.6. The normalized spacial score (nSPS) is 14.2. The maximum atomic E-state index is 13.1. The first-order chi connectivity index (χ1) is 16.0. The largest absolute Gasteiger partial charge is 0.505 e. The lowest BCUT2D eigenvalue weighted by atomic mass is 9.97. The highest BCUT2D eigenvalue weighted by Gasteiger charge is 2.33. The number of aromatic hydroxyl groups is 1. The molecular weight excluding hydrogens is 456 g/mol. The van der Waals surface area contributed by atoms with Gasteiger partial charge in [0, 0.05) is 5.56 Å². The van der Waals surface area contributed by atoms with Crippen LogP contribution in [0, 0.1) is 0 Å². The summed E-state index contributed by atoms with van der Waals surface area (Å²) in [7, 11) is -0.835. The van der Waals surface area contributed by atoms with E-state index in [0.717, 1.165) is 16.1 Å². The van der Waals surface area contributed by atoms with Crippen LogP contribution in [0.3, 0.4) is 0 Å². The summed E-state index contributed by atoms with van der Waals surface area (Å²) in [5.41, 5.74) is 5.47. The molecule has 0 aliphatic heterocycles. The maximum absolute atomic E-state index is 13.1. The van der Waals surface area contributed by atoms with E-state index in [9.17, 15) is 18.6 Å². The van der Waals surface area contributed by atoms with Gasteiger partial charge in [-0.15, -0.1) is 0 Å². The Balaban J connectivity index is 2.21. The van der Waals surface area contributed by atoms with Crippen LogP contribution in [-0.2, 0) is 22.2 Å². The summed E-state index contributed by atoms with van der Waals surface area (Å²) in [4.78, 5) is 0. The third-order valence-corrected chi connectivity index (χ3v) is 6.66. The summed E-state index contributed by atoms with van der Waals surface area (Å²) in [6, 6.07) is 18.2. The fourth-order valence-corrected chi connectivity index (χ4v) is 5.10. The van der Waals surface area contributed by atoms with Gasteiger partial charge in [-0.1, -0.05) is 48.5 Å². The highest BCUT2D eigenvalue weighted by Crippen LogP contribution is 2.42. The number of rotatable bonds is 9. The third kappa shape index (κ3) is 5.44. The molecule has 8 nitrogen and oxygen atoms in total. The molecule has 0 aliphatic carbocycles. The van der Waals surface area contributed by atoms with Gasteiger partial charge < -0.3 is 19.7 Å². The molecule has 0 saturated heterocycles. The molecule has 0 amide bonds. The van der Waals surface area contributed by atoms with Crippen LogP contribution in [0.25, 0.3) is 0 Å². The van der Waals surface area contributed by atoms with Gasteiger partial charge in [-0.2, -0.15) is 0 Å². The SMILES string of the molecule is COc1ccc(CC(c2ccccc2)N(c2cccc(C(C)(N)O)c2O)S(C)(=O)=O)cc1OC. The highest BCUT2D eigenvalue weighted by atomic mass is 32.2. The van der Waals surface area contributed by atoms with Crippen molar-refractivity contribution in [3.05, 3.63) is 83.4 Å². The van der Waals surface area contributed by atoms with Gasteiger partial charge in [0.15, 0.2) is 11.5 Å². The van der Waals surface area contributed by atoms with Gasteiger partial charge in [-0.05, 0) is 42.7 Å². The number of benzene rings is 3. The Morgan fingerprint density at radius 1 is 1.00 bits per heavy atom. The van der Waals surface area contributed by atoms with Crippen molar-refractivity contribution in [2.75, 3.05) is 24.8 Å². The van der Waals surface area contributed by atoms with Crippen molar-refractivity contribution >= 4 is 15.7 Å². The average molecular weight is 487 g/mol. The van der Waals surface area contributed by atoms with Gasteiger partial charge in [-0.3, -0.25) is 10.0 Å². The van der Waals surface area contributed by atoms with Crippen LogP contribution in [0.1, 0.15) is 29.7 Å². The smallest absolute Gasteiger partial charge is 0.232 e. The Kier molecular flexibility index (Phi) is 7.40. The Morgan fingerprint density at radius 2 is 1.65 bits per heavy atom. The molecule has 0 radical (unpaired) electrons. The molecule has 0 saturated carbocycles. The number of phenols is 1. The van der Waals surface area contributed by atoms with Crippen molar-refractivity contribution < 1.29 is 28.1 Å². The Labute approximate surface area is 200 Å². The first kappa shape index (κ1) is 25.4. The molecule has 3 aromatic rings. The molecule has 0 fully saturated rings. The molecule has 4 N–H and O–H groups in total. The van der Waals surface area contributed by atoms with E-state index in [1.165, 1.54) is 33.3 Å². The first-order valence-corrected chi connectivity index (χ1v) is 12.4. The Bertz CT molecular complexity index is 1240. The standard InChI is InChI=1S/C25H30N2O6S/c1-25(26,29)19-11-8-12-20(24(19)28)27(34(4,30)31)21(18-9-6-5-7-10-18)15-17-13-14-22(32-2)23(16-17)33-3/h5-14,16,21,28-29H,15,26H2,1-4H3. The van der Waals surface area contributed by atoms with E-state index < -0.39 is 27.5 Å². The van der Waals surface area contributed by atoms with E-state index in [1.807, 2.05) is 36.4 Å². The van der Waals surface area contributed by atoms with Crippen molar-refractivity contribution in [1.82, 2.24) is 0 Å². The summed E-state index contributed by atoms with van der Waals surface area (Å²) >= 11 is 0. The molecule has 9 heteroatoms. The molecule has 3 aromatic carbocycles. The number of phenolic OH excluding ortho intramolecular Hbond substituents is 1. The molecular formula is C25H30N2O6S. The number of hydrogen-bond donors (Lipinski definition) is 3. The second kappa shape index (κ2) is 9.92. The van der Waals surface area contributed by atoms with Gasteiger partial charge in [0.2, 0.25) is 10.0 Å².